The molecule has 0 aliphatic carbocycles. The van der Waals surface area contributed by atoms with Gasteiger partial charge in [-0.1, -0.05) is 85.8 Å². The quantitative estimate of drug-likeness (QED) is 0.208. The Balaban J connectivity index is 1.81. The Hall–Kier alpha value is -4.50. The first-order valence-corrected chi connectivity index (χ1v) is 16.1. The molecule has 0 bridgehead atoms. The second kappa shape index (κ2) is 14.8. The first-order chi connectivity index (χ1) is 21.1. The van der Waals surface area contributed by atoms with Gasteiger partial charge in [0.05, 0.1) is 10.6 Å². The lowest BCUT2D eigenvalue weighted by atomic mass is 10.0. The molecule has 230 valence electrons. The number of carbonyl (C=O) groups is 2. The molecular formula is C35H38FN3O4S. The van der Waals surface area contributed by atoms with Crippen molar-refractivity contribution in [3.8, 4) is 0 Å². The van der Waals surface area contributed by atoms with E-state index in [1.54, 1.807) is 48.5 Å². The Morgan fingerprint density at radius 3 is 1.98 bits per heavy atom. The van der Waals surface area contributed by atoms with Crippen LogP contribution >= 0.6 is 0 Å². The van der Waals surface area contributed by atoms with E-state index in [9.17, 15) is 22.4 Å². The van der Waals surface area contributed by atoms with Crippen LogP contribution in [0, 0.1) is 5.82 Å². The summed E-state index contributed by atoms with van der Waals surface area (Å²) in [4.78, 5) is 29.4. The molecular weight excluding hydrogens is 577 g/mol. The highest BCUT2D eigenvalue weighted by Crippen LogP contribution is 2.26. The fourth-order valence-corrected chi connectivity index (χ4v) is 6.33. The van der Waals surface area contributed by atoms with Gasteiger partial charge in [-0.15, -0.1) is 0 Å². The molecule has 4 aromatic rings. The first-order valence-electron chi connectivity index (χ1n) is 14.6. The van der Waals surface area contributed by atoms with E-state index in [2.05, 4.69) is 5.32 Å². The molecule has 4 rings (SSSR count). The maximum Gasteiger partial charge on any atom is 0.264 e. The molecule has 0 aromatic heterocycles. The van der Waals surface area contributed by atoms with Crippen LogP contribution in [0.2, 0.25) is 0 Å². The Morgan fingerprint density at radius 1 is 0.795 bits per heavy atom. The van der Waals surface area contributed by atoms with Crippen molar-refractivity contribution >= 4 is 27.5 Å². The average Bonchev–Trinajstić information content (AvgIpc) is 3.03. The molecule has 0 aliphatic heterocycles. The van der Waals surface area contributed by atoms with Crippen molar-refractivity contribution < 1.29 is 22.4 Å². The van der Waals surface area contributed by atoms with Crippen molar-refractivity contribution in [2.24, 2.45) is 0 Å². The number of hydrogen-bond acceptors (Lipinski definition) is 4. The van der Waals surface area contributed by atoms with Gasteiger partial charge in [0.1, 0.15) is 18.4 Å². The average molecular weight is 616 g/mol. The zero-order valence-corrected chi connectivity index (χ0v) is 26.0. The molecule has 0 fully saturated rings. The largest absolute Gasteiger partial charge is 0.352 e. The third-order valence-electron chi connectivity index (χ3n) is 7.24. The Labute approximate surface area is 259 Å². The van der Waals surface area contributed by atoms with Gasteiger partial charge in [0.2, 0.25) is 11.8 Å². The molecule has 0 radical (unpaired) electrons. The summed E-state index contributed by atoms with van der Waals surface area (Å²) in [5, 5.41) is 2.89. The molecule has 2 amide bonds. The van der Waals surface area contributed by atoms with Crippen LogP contribution in [-0.4, -0.2) is 43.8 Å². The summed E-state index contributed by atoms with van der Waals surface area (Å²) in [6, 6.07) is 28.9. The van der Waals surface area contributed by atoms with Gasteiger partial charge in [0, 0.05) is 24.6 Å². The van der Waals surface area contributed by atoms with E-state index in [4.69, 9.17) is 0 Å². The number of rotatable bonds is 13. The van der Waals surface area contributed by atoms with Crippen LogP contribution in [0.5, 0.6) is 0 Å². The first kappa shape index (κ1) is 32.4. The van der Waals surface area contributed by atoms with Gasteiger partial charge in [-0.2, -0.15) is 0 Å². The van der Waals surface area contributed by atoms with Gasteiger partial charge < -0.3 is 10.2 Å². The topological polar surface area (TPSA) is 86.8 Å². The van der Waals surface area contributed by atoms with Crippen molar-refractivity contribution in [1.82, 2.24) is 10.2 Å². The molecule has 44 heavy (non-hydrogen) atoms. The van der Waals surface area contributed by atoms with Crippen molar-refractivity contribution in [1.29, 1.82) is 0 Å². The summed E-state index contributed by atoms with van der Waals surface area (Å²) in [6.45, 7) is 4.79. The number of halogens is 1. The van der Waals surface area contributed by atoms with Gasteiger partial charge >= 0.3 is 0 Å². The van der Waals surface area contributed by atoms with Crippen LogP contribution < -0.4 is 9.62 Å². The van der Waals surface area contributed by atoms with E-state index in [1.807, 2.05) is 63.2 Å². The molecule has 0 spiro atoms. The van der Waals surface area contributed by atoms with E-state index >= 15 is 0 Å². The summed E-state index contributed by atoms with van der Waals surface area (Å²) in [5.74, 6) is -1.59. The second-order valence-electron chi connectivity index (χ2n) is 10.8. The number of sulfonamides is 1. The molecule has 1 N–H and O–H groups in total. The van der Waals surface area contributed by atoms with Gasteiger partial charge in [-0.3, -0.25) is 13.9 Å². The fraction of sp³-hybridized carbons (Fsp3) is 0.257. The van der Waals surface area contributed by atoms with Crippen LogP contribution in [0.15, 0.2) is 114 Å². The lowest BCUT2D eigenvalue weighted by Crippen LogP contribution is -2.54. The van der Waals surface area contributed by atoms with Crippen LogP contribution in [0.4, 0.5) is 10.1 Å². The zero-order valence-electron chi connectivity index (χ0n) is 25.2. The maximum absolute atomic E-state index is 15.0. The summed E-state index contributed by atoms with van der Waals surface area (Å²) in [5.41, 5.74) is 2.32. The van der Waals surface area contributed by atoms with Crippen molar-refractivity contribution in [2.45, 2.75) is 57.1 Å². The predicted molar refractivity (Wildman–Crippen MR) is 171 cm³/mol. The summed E-state index contributed by atoms with van der Waals surface area (Å²) < 4.78 is 44.1. The van der Waals surface area contributed by atoms with Gasteiger partial charge in [-0.05, 0) is 61.7 Å². The Kier molecular flexibility index (Phi) is 10.9. The minimum atomic E-state index is -4.20. The molecule has 0 aliphatic rings. The zero-order chi connectivity index (χ0) is 31.7. The third kappa shape index (κ3) is 8.11. The molecule has 7 nitrogen and oxygen atoms in total. The number of anilines is 1. The summed E-state index contributed by atoms with van der Waals surface area (Å²) in [6.07, 6.45) is 0.906. The predicted octanol–water partition coefficient (Wildman–Crippen LogP) is 5.75. The number of hydrogen-bond donors (Lipinski definition) is 1. The summed E-state index contributed by atoms with van der Waals surface area (Å²) >= 11 is 0. The van der Waals surface area contributed by atoms with Gasteiger partial charge in [-0.25, -0.2) is 12.8 Å². The molecule has 0 heterocycles. The van der Waals surface area contributed by atoms with Crippen molar-refractivity contribution in [3.05, 3.63) is 132 Å². The lowest BCUT2D eigenvalue weighted by Gasteiger charge is -2.34. The molecule has 9 heteroatoms. The second-order valence-corrected chi connectivity index (χ2v) is 12.7. The number of amides is 2. The molecule has 0 unspecified atom stereocenters. The standard InChI is InChI=1S/C35H38FN3O4S/c1-4-27-19-21-30(22-20-27)39(44(42,43)31-16-9-6-10-17-31)25-34(40)38(24-29-15-11-12-18-32(29)36)33(35(41)37-26(2)3)23-28-13-7-5-8-14-28/h5-22,26,33H,4,23-25H2,1-3H3,(H,37,41)/t33-/m1/s1. The van der Waals surface area contributed by atoms with E-state index in [-0.39, 0.29) is 29.5 Å². The molecule has 0 saturated carbocycles. The normalized spacial score (nSPS) is 12.0. The highest BCUT2D eigenvalue weighted by molar-refractivity contribution is 7.92. The van der Waals surface area contributed by atoms with Gasteiger partial charge in [0.15, 0.2) is 0 Å². The number of benzene rings is 4. The van der Waals surface area contributed by atoms with E-state index in [0.717, 1.165) is 21.9 Å². The van der Waals surface area contributed by atoms with Gasteiger partial charge in [0.25, 0.3) is 10.0 Å². The third-order valence-corrected chi connectivity index (χ3v) is 9.03. The Morgan fingerprint density at radius 2 is 1.39 bits per heavy atom. The number of aryl methyl sites for hydroxylation is 1. The van der Waals surface area contributed by atoms with Crippen molar-refractivity contribution in [2.75, 3.05) is 10.8 Å². The number of carbonyl (C=O) groups excluding carboxylic acids is 2. The van der Waals surface area contributed by atoms with E-state index < -0.39 is 40.2 Å². The van der Waals surface area contributed by atoms with E-state index in [1.165, 1.54) is 23.1 Å². The minimum absolute atomic E-state index is 0.0198. The Bertz CT molecular complexity index is 1650. The lowest BCUT2D eigenvalue weighted by molar-refractivity contribution is -0.140. The minimum Gasteiger partial charge on any atom is -0.352 e. The number of nitrogens with one attached hydrogen (secondary N) is 1. The smallest absolute Gasteiger partial charge is 0.264 e. The van der Waals surface area contributed by atoms with Crippen molar-refractivity contribution in [3.63, 3.8) is 0 Å². The highest BCUT2D eigenvalue weighted by atomic mass is 32.2. The highest BCUT2D eigenvalue weighted by Gasteiger charge is 2.35. The monoisotopic (exact) mass is 615 g/mol. The SMILES string of the molecule is CCc1ccc(N(CC(=O)N(Cc2ccccc2F)[C@H](Cc2ccccc2)C(=O)NC(C)C)S(=O)(=O)c2ccccc2)cc1. The van der Waals surface area contributed by atoms with Crippen LogP contribution in [0.3, 0.4) is 0 Å². The van der Waals surface area contributed by atoms with Crippen LogP contribution in [0.25, 0.3) is 0 Å². The molecule has 0 saturated heterocycles. The maximum atomic E-state index is 15.0. The number of nitrogens with zero attached hydrogens (tertiary/aromatic N) is 2. The molecule has 4 aromatic carbocycles. The summed E-state index contributed by atoms with van der Waals surface area (Å²) in [7, 11) is -4.20. The molecule has 1 atom stereocenters. The van der Waals surface area contributed by atoms with Crippen LogP contribution in [-0.2, 0) is 39.0 Å². The van der Waals surface area contributed by atoms with Crippen LogP contribution in [0.1, 0.15) is 37.5 Å². The fourth-order valence-electron chi connectivity index (χ4n) is 4.89. The van der Waals surface area contributed by atoms with E-state index in [0.29, 0.717) is 5.69 Å².